The molecule has 0 saturated heterocycles. The van der Waals surface area contributed by atoms with Crippen molar-refractivity contribution in [2.45, 2.75) is 13.8 Å². The topological polar surface area (TPSA) is 49.4 Å². The van der Waals surface area contributed by atoms with E-state index in [1.165, 1.54) is 24.0 Å². The van der Waals surface area contributed by atoms with Gasteiger partial charge in [-0.3, -0.25) is 9.59 Å². The van der Waals surface area contributed by atoms with E-state index in [9.17, 15) is 14.0 Å². The van der Waals surface area contributed by atoms with E-state index >= 15 is 0 Å². The average molecular weight is 369 g/mol. The Morgan fingerprint density at radius 3 is 2.42 bits per heavy atom. The molecule has 2 aromatic rings. The second-order valence-corrected chi connectivity index (χ2v) is 6.03. The molecule has 0 aliphatic rings. The molecule has 0 radical (unpaired) electrons. The molecule has 0 spiro atoms. The van der Waals surface area contributed by atoms with Gasteiger partial charge in [0.1, 0.15) is 12.4 Å². The maximum atomic E-state index is 13.1. The maximum Gasteiger partial charge on any atom is 0.244 e. The van der Waals surface area contributed by atoms with Gasteiger partial charge in [0.05, 0.1) is 5.02 Å². The normalized spacial score (nSPS) is 10.4. The lowest BCUT2D eigenvalue weighted by Gasteiger charge is -2.21. The van der Waals surface area contributed by atoms with Gasteiger partial charge in [-0.05, 0) is 42.8 Å². The zero-order valence-corrected chi connectivity index (χ0v) is 14.6. The van der Waals surface area contributed by atoms with Gasteiger partial charge in [0.15, 0.2) is 0 Å². The van der Waals surface area contributed by atoms with Crippen LogP contribution in [0.2, 0.25) is 10.0 Å². The Labute approximate surface area is 149 Å². The van der Waals surface area contributed by atoms with E-state index in [-0.39, 0.29) is 17.5 Å². The van der Waals surface area contributed by atoms with Crippen molar-refractivity contribution < 1.29 is 14.0 Å². The molecule has 4 nitrogen and oxygen atoms in total. The summed E-state index contributed by atoms with van der Waals surface area (Å²) in [6, 6.07) is 8.95. The minimum atomic E-state index is -0.575. The Morgan fingerprint density at radius 1 is 1.12 bits per heavy atom. The summed E-state index contributed by atoms with van der Waals surface area (Å²) >= 11 is 11.7. The maximum absolute atomic E-state index is 13.1. The summed E-state index contributed by atoms with van der Waals surface area (Å²) in [7, 11) is 0. The van der Waals surface area contributed by atoms with Gasteiger partial charge in [0.25, 0.3) is 0 Å². The summed E-state index contributed by atoms with van der Waals surface area (Å²) in [6.07, 6.45) is 0. The number of nitrogens with zero attached hydrogens (tertiary/aromatic N) is 1. The number of halogens is 3. The third kappa shape index (κ3) is 4.46. The van der Waals surface area contributed by atoms with E-state index in [4.69, 9.17) is 23.2 Å². The molecule has 0 aromatic heterocycles. The fourth-order valence-electron chi connectivity index (χ4n) is 2.05. The van der Waals surface area contributed by atoms with Gasteiger partial charge in [-0.1, -0.05) is 29.3 Å². The lowest BCUT2D eigenvalue weighted by atomic mass is 10.2. The van der Waals surface area contributed by atoms with Gasteiger partial charge >= 0.3 is 0 Å². The minimum absolute atomic E-state index is 0.0958. The van der Waals surface area contributed by atoms with Crippen molar-refractivity contribution in [1.82, 2.24) is 0 Å². The van der Waals surface area contributed by atoms with Crippen molar-refractivity contribution >= 4 is 46.4 Å². The fourth-order valence-corrected chi connectivity index (χ4v) is 2.41. The summed E-state index contributed by atoms with van der Waals surface area (Å²) in [5, 5.41) is 2.98. The van der Waals surface area contributed by atoms with Gasteiger partial charge in [-0.25, -0.2) is 4.39 Å². The third-order valence-corrected chi connectivity index (χ3v) is 4.05. The molecule has 0 aliphatic heterocycles. The van der Waals surface area contributed by atoms with E-state index in [2.05, 4.69) is 5.32 Å². The van der Waals surface area contributed by atoms with Crippen molar-refractivity contribution in [2.75, 3.05) is 16.8 Å². The van der Waals surface area contributed by atoms with E-state index in [0.29, 0.717) is 16.4 Å². The number of hydrogen-bond acceptors (Lipinski definition) is 2. The molecule has 126 valence electrons. The number of hydrogen-bond donors (Lipinski definition) is 1. The zero-order chi connectivity index (χ0) is 17.9. The summed E-state index contributed by atoms with van der Waals surface area (Å²) in [4.78, 5) is 25.3. The van der Waals surface area contributed by atoms with E-state index in [1.807, 2.05) is 6.92 Å². The molecule has 24 heavy (non-hydrogen) atoms. The molecule has 2 rings (SSSR count). The van der Waals surface area contributed by atoms with Crippen LogP contribution in [-0.2, 0) is 9.59 Å². The first-order valence-electron chi connectivity index (χ1n) is 7.07. The number of benzene rings is 2. The van der Waals surface area contributed by atoms with E-state index < -0.39 is 11.7 Å². The predicted molar refractivity (Wildman–Crippen MR) is 94.3 cm³/mol. The highest BCUT2D eigenvalue weighted by Gasteiger charge is 2.17. The Kier molecular flexibility index (Phi) is 5.80. The van der Waals surface area contributed by atoms with Gasteiger partial charge in [0.2, 0.25) is 11.8 Å². The molecule has 0 saturated carbocycles. The highest BCUT2D eigenvalue weighted by atomic mass is 35.5. The van der Waals surface area contributed by atoms with Crippen LogP contribution >= 0.6 is 23.2 Å². The van der Waals surface area contributed by atoms with Crippen molar-refractivity contribution in [3.8, 4) is 0 Å². The average Bonchev–Trinajstić information content (AvgIpc) is 2.51. The first-order valence-corrected chi connectivity index (χ1v) is 7.82. The summed E-state index contributed by atoms with van der Waals surface area (Å²) in [5.74, 6) is -1.32. The summed E-state index contributed by atoms with van der Waals surface area (Å²) in [5.41, 5.74) is 1.73. The van der Waals surface area contributed by atoms with Crippen LogP contribution in [0, 0.1) is 12.7 Å². The van der Waals surface area contributed by atoms with Crippen molar-refractivity contribution in [2.24, 2.45) is 0 Å². The van der Waals surface area contributed by atoms with Crippen LogP contribution in [0.1, 0.15) is 12.5 Å². The fraction of sp³-hybridized carbons (Fsp3) is 0.176. The van der Waals surface area contributed by atoms with Crippen molar-refractivity contribution in [3.05, 3.63) is 57.8 Å². The second kappa shape index (κ2) is 7.64. The molecule has 0 bridgehead atoms. The van der Waals surface area contributed by atoms with Crippen LogP contribution in [0.15, 0.2) is 36.4 Å². The molecular formula is C17H15Cl2FN2O2. The van der Waals surface area contributed by atoms with Crippen LogP contribution in [0.25, 0.3) is 0 Å². The van der Waals surface area contributed by atoms with Crippen molar-refractivity contribution in [1.29, 1.82) is 0 Å². The second-order valence-electron chi connectivity index (χ2n) is 5.22. The molecule has 0 heterocycles. The van der Waals surface area contributed by atoms with Gasteiger partial charge in [-0.15, -0.1) is 0 Å². The van der Waals surface area contributed by atoms with Gasteiger partial charge in [-0.2, -0.15) is 0 Å². The van der Waals surface area contributed by atoms with Crippen LogP contribution in [0.4, 0.5) is 15.8 Å². The smallest absolute Gasteiger partial charge is 0.244 e. The first kappa shape index (κ1) is 18.2. The number of carbonyl (C=O) groups is 2. The van der Waals surface area contributed by atoms with Gasteiger partial charge < -0.3 is 10.2 Å². The number of carbonyl (C=O) groups excluding carboxylic acids is 2. The summed E-state index contributed by atoms with van der Waals surface area (Å²) < 4.78 is 13.1. The lowest BCUT2D eigenvalue weighted by molar-refractivity contribution is -0.120. The first-order chi connectivity index (χ1) is 11.3. The molecule has 0 unspecified atom stereocenters. The zero-order valence-electron chi connectivity index (χ0n) is 13.1. The number of anilines is 2. The molecule has 0 fully saturated rings. The number of rotatable bonds is 4. The predicted octanol–water partition coefficient (Wildman–Crippen LogP) is 4.43. The highest BCUT2D eigenvalue weighted by molar-refractivity contribution is 6.31. The third-order valence-electron chi connectivity index (χ3n) is 3.35. The lowest BCUT2D eigenvalue weighted by Crippen LogP contribution is -2.36. The Hall–Kier alpha value is -2.11. The highest BCUT2D eigenvalue weighted by Crippen LogP contribution is 2.24. The molecule has 0 aliphatic carbocycles. The molecule has 2 amide bonds. The molecule has 1 N–H and O–H groups in total. The molecular weight excluding hydrogens is 354 g/mol. The van der Waals surface area contributed by atoms with Crippen LogP contribution in [0.5, 0.6) is 0 Å². The number of aryl methyl sites for hydroxylation is 1. The van der Waals surface area contributed by atoms with Crippen LogP contribution in [-0.4, -0.2) is 18.4 Å². The SMILES string of the molecule is CC(=O)N(CC(=O)Nc1ccc(F)c(Cl)c1)c1ccc(C)c(Cl)c1. The van der Waals surface area contributed by atoms with Gasteiger partial charge in [0, 0.05) is 23.3 Å². The standard InChI is InChI=1S/C17H15Cl2FN2O2/c1-10-3-5-13(8-14(10)18)22(11(2)23)9-17(24)21-12-4-6-16(20)15(19)7-12/h3-8H,9H2,1-2H3,(H,21,24). The van der Waals surface area contributed by atoms with E-state index in [1.54, 1.807) is 18.2 Å². The molecule has 0 atom stereocenters. The summed E-state index contributed by atoms with van der Waals surface area (Å²) in [6.45, 7) is 2.99. The quantitative estimate of drug-likeness (QED) is 0.867. The van der Waals surface area contributed by atoms with Crippen LogP contribution in [0.3, 0.4) is 0 Å². The number of nitrogens with one attached hydrogen (secondary N) is 1. The van der Waals surface area contributed by atoms with Crippen LogP contribution < -0.4 is 10.2 Å². The Morgan fingerprint density at radius 2 is 1.83 bits per heavy atom. The van der Waals surface area contributed by atoms with Crippen molar-refractivity contribution in [3.63, 3.8) is 0 Å². The minimum Gasteiger partial charge on any atom is -0.324 e. The monoisotopic (exact) mass is 368 g/mol. The largest absolute Gasteiger partial charge is 0.324 e. The van der Waals surface area contributed by atoms with E-state index in [0.717, 1.165) is 11.6 Å². The molecule has 7 heteroatoms. The Balaban J connectivity index is 2.15. The molecule has 2 aromatic carbocycles. The Bertz CT molecular complexity index is 796. The number of amides is 2.